The smallest absolute Gasteiger partial charge is 0.379 e. The molecule has 0 aliphatic heterocycles. The predicted molar refractivity (Wildman–Crippen MR) is 73.0 cm³/mol. The minimum Gasteiger partial charge on any atom is -0.379 e. The van der Waals surface area contributed by atoms with E-state index in [0.29, 0.717) is 13.2 Å². The number of rotatable bonds is 14. The number of hydrogen-bond donors (Lipinski definition) is 2. The van der Waals surface area contributed by atoms with Crippen LogP contribution >= 0.6 is 7.82 Å². The molecule has 7 heteroatoms. The van der Waals surface area contributed by atoms with E-state index in [4.69, 9.17) is 19.3 Å². The quantitative estimate of drug-likeness (QED) is 0.378. The summed E-state index contributed by atoms with van der Waals surface area (Å²) in [5, 5.41) is 0. The first-order valence-corrected chi connectivity index (χ1v) is 8.45. The molecule has 0 aromatic rings. The number of hydrogen-bond acceptors (Lipinski definition) is 4. The van der Waals surface area contributed by atoms with Crippen LogP contribution in [0.1, 0.15) is 45.4 Å². The molecule has 0 bridgehead atoms. The van der Waals surface area contributed by atoms with Gasteiger partial charge in [-0.3, -0.25) is 4.52 Å². The van der Waals surface area contributed by atoms with Gasteiger partial charge in [0.2, 0.25) is 0 Å². The highest BCUT2D eigenvalue weighted by molar-refractivity contribution is 7.46. The molecule has 2 N–H and O–H groups in total. The Balaban J connectivity index is 3.01. The fourth-order valence-corrected chi connectivity index (χ4v) is 1.83. The molecule has 0 fully saturated rings. The largest absolute Gasteiger partial charge is 0.469 e. The Bertz CT molecular complexity index is 230. The fraction of sp³-hybridized carbons (Fsp3) is 1.00. The summed E-state index contributed by atoms with van der Waals surface area (Å²) in [6.45, 7) is 3.92. The minimum atomic E-state index is -4.36. The van der Waals surface area contributed by atoms with Crippen LogP contribution in [0.3, 0.4) is 0 Å². The molecule has 19 heavy (non-hydrogen) atoms. The predicted octanol–water partition coefficient (Wildman–Crippen LogP) is 2.49. The molecule has 0 saturated carbocycles. The summed E-state index contributed by atoms with van der Waals surface area (Å²) < 4.78 is 25.0. The lowest BCUT2D eigenvalue weighted by molar-refractivity contribution is 0.0312. The molecular weight excluding hydrogens is 271 g/mol. The summed E-state index contributed by atoms with van der Waals surface area (Å²) >= 11 is 0. The standard InChI is InChI=1S/C12H27O6P/c1-2-3-4-5-6-7-8-16-9-10-17-11-12-18-19(13,14)15/h2-12H2,1H3,(H2,13,14,15). The zero-order valence-electron chi connectivity index (χ0n) is 11.8. The molecule has 6 nitrogen and oxygen atoms in total. The second kappa shape index (κ2) is 13.0. The van der Waals surface area contributed by atoms with Gasteiger partial charge in [0.25, 0.3) is 0 Å². The zero-order valence-corrected chi connectivity index (χ0v) is 12.6. The fourth-order valence-electron chi connectivity index (χ4n) is 1.52. The molecule has 0 aliphatic carbocycles. The Hall–Kier alpha value is 0.0300. The van der Waals surface area contributed by atoms with E-state index >= 15 is 0 Å². The molecule has 0 aliphatic rings. The second-order valence-corrected chi connectivity index (χ2v) is 5.56. The number of ether oxygens (including phenoxy) is 2. The Labute approximate surface area is 115 Å². The molecule has 0 spiro atoms. The molecule has 0 rings (SSSR count). The lowest BCUT2D eigenvalue weighted by Crippen LogP contribution is -2.09. The first kappa shape index (κ1) is 19.0. The van der Waals surface area contributed by atoms with E-state index in [1.807, 2.05) is 0 Å². The van der Waals surface area contributed by atoms with Crippen molar-refractivity contribution in [1.29, 1.82) is 0 Å². The average Bonchev–Trinajstić information content (AvgIpc) is 2.34. The highest BCUT2D eigenvalue weighted by atomic mass is 31.2. The lowest BCUT2D eigenvalue weighted by atomic mass is 10.1. The molecule has 116 valence electrons. The lowest BCUT2D eigenvalue weighted by Gasteiger charge is -2.07. The molecule has 0 aromatic carbocycles. The van der Waals surface area contributed by atoms with Crippen molar-refractivity contribution < 1.29 is 28.3 Å². The van der Waals surface area contributed by atoms with Crippen LogP contribution in [0, 0.1) is 0 Å². The number of phosphoric ester groups is 1. The number of phosphoric acid groups is 1. The van der Waals surface area contributed by atoms with Crippen LogP contribution in [0.25, 0.3) is 0 Å². The van der Waals surface area contributed by atoms with Gasteiger partial charge in [-0.2, -0.15) is 0 Å². The molecular formula is C12H27O6P. The van der Waals surface area contributed by atoms with Crippen LogP contribution < -0.4 is 0 Å². The Morgan fingerprint density at radius 1 is 0.789 bits per heavy atom. The summed E-state index contributed by atoms with van der Waals surface area (Å²) in [6, 6.07) is 0. The van der Waals surface area contributed by atoms with E-state index in [-0.39, 0.29) is 13.2 Å². The molecule has 0 saturated heterocycles. The topological polar surface area (TPSA) is 85.2 Å². The maximum atomic E-state index is 10.3. The van der Waals surface area contributed by atoms with E-state index < -0.39 is 7.82 Å². The van der Waals surface area contributed by atoms with E-state index in [1.54, 1.807) is 0 Å². The summed E-state index contributed by atoms with van der Waals surface area (Å²) in [6.07, 6.45) is 7.43. The normalized spacial score (nSPS) is 11.9. The van der Waals surface area contributed by atoms with E-state index in [0.717, 1.165) is 13.0 Å². The first-order chi connectivity index (χ1) is 9.06. The van der Waals surface area contributed by atoms with Crippen LogP contribution in [0.2, 0.25) is 0 Å². The Kier molecular flexibility index (Phi) is 13.1. The van der Waals surface area contributed by atoms with Crippen molar-refractivity contribution in [3.05, 3.63) is 0 Å². The first-order valence-electron chi connectivity index (χ1n) is 6.92. The molecule has 0 radical (unpaired) electrons. The third kappa shape index (κ3) is 18.0. The zero-order chi connectivity index (χ0) is 14.4. The van der Waals surface area contributed by atoms with Gasteiger partial charge in [0, 0.05) is 6.61 Å². The van der Waals surface area contributed by atoms with Gasteiger partial charge in [-0.15, -0.1) is 0 Å². The molecule has 0 aromatic heterocycles. The van der Waals surface area contributed by atoms with Crippen LogP contribution in [0.4, 0.5) is 0 Å². The Morgan fingerprint density at radius 2 is 1.32 bits per heavy atom. The summed E-state index contributed by atoms with van der Waals surface area (Å²) in [5.74, 6) is 0. The van der Waals surface area contributed by atoms with Crippen LogP contribution in [-0.4, -0.2) is 42.8 Å². The van der Waals surface area contributed by atoms with Gasteiger partial charge in [0.05, 0.1) is 26.4 Å². The molecule has 0 unspecified atom stereocenters. The second-order valence-electron chi connectivity index (χ2n) is 4.32. The van der Waals surface area contributed by atoms with Crippen molar-refractivity contribution in [2.24, 2.45) is 0 Å². The van der Waals surface area contributed by atoms with Crippen molar-refractivity contribution >= 4 is 7.82 Å². The van der Waals surface area contributed by atoms with E-state index in [2.05, 4.69) is 11.4 Å². The molecule has 0 atom stereocenters. The van der Waals surface area contributed by atoms with Gasteiger partial charge in [-0.25, -0.2) is 4.57 Å². The number of unbranched alkanes of at least 4 members (excludes halogenated alkanes) is 5. The monoisotopic (exact) mass is 298 g/mol. The Morgan fingerprint density at radius 3 is 1.95 bits per heavy atom. The van der Waals surface area contributed by atoms with E-state index in [1.165, 1.54) is 32.1 Å². The van der Waals surface area contributed by atoms with Crippen LogP contribution in [0.5, 0.6) is 0 Å². The summed E-state index contributed by atoms with van der Waals surface area (Å²) in [7, 11) is -4.36. The van der Waals surface area contributed by atoms with E-state index in [9.17, 15) is 4.57 Å². The minimum absolute atomic E-state index is 0.109. The summed E-state index contributed by atoms with van der Waals surface area (Å²) in [5.41, 5.74) is 0. The van der Waals surface area contributed by atoms with Crippen molar-refractivity contribution in [3.8, 4) is 0 Å². The van der Waals surface area contributed by atoms with Gasteiger partial charge in [0.15, 0.2) is 0 Å². The maximum absolute atomic E-state index is 10.3. The van der Waals surface area contributed by atoms with Crippen molar-refractivity contribution in [3.63, 3.8) is 0 Å². The SMILES string of the molecule is CCCCCCCCOCCOCCOP(=O)(O)O. The highest BCUT2D eigenvalue weighted by Crippen LogP contribution is 2.35. The van der Waals surface area contributed by atoms with Gasteiger partial charge >= 0.3 is 7.82 Å². The van der Waals surface area contributed by atoms with Gasteiger partial charge < -0.3 is 19.3 Å². The van der Waals surface area contributed by atoms with Crippen LogP contribution in [-0.2, 0) is 18.6 Å². The maximum Gasteiger partial charge on any atom is 0.469 e. The van der Waals surface area contributed by atoms with Crippen LogP contribution in [0.15, 0.2) is 0 Å². The average molecular weight is 298 g/mol. The summed E-state index contributed by atoms with van der Waals surface area (Å²) in [4.78, 5) is 16.8. The van der Waals surface area contributed by atoms with Gasteiger partial charge in [-0.1, -0.05) is 39.0 Å². The van der Waals surface area contributed by atoms with Gasteiger partial charge in [-0.05, 0) is 6.42 Å². The van der Waals surface area contributed by atoms with Crippen molar-refractivity contribution in [2.75, 3.05) is 33.0 Å². The molecule has 0 heterocycles. The third-order valence-corrected chi connectivity index (χ3v) is 3.02. The third-order valence-electron chi connectivity index (χ3n) is 2.50. The molecule has 0 amide bonds. The highest BCUT2D eigenvalue weighted by Gasteiger charge is 2.12. The van der Waals surface area contributed by atoms with Gasteiger partial charge in [0.1, 0.15) is 0 Å². The van der Waals surface area contributed by atoms with Crippen molar-refractivity contribution in [1.82, 2.24) is 0 Å². The van der Waals surface area contributed by atoms with Crippen molar-refractivity contribution in [2.45, 2.75) is 45.4 Å².